The van der Waals surface area contributed by atoms with Crippen LogP contribution in [0.3, 0.4) is 0 Å². The van der Waals surface area contributed by atoms with E-state index in [2.05, 4.69) is 10.0 Å². The molecule has 8 heteroatoms. The summed E-state index contributed by atoms with van der Waals surface area (Å²) in [6.07, 6.45) is 0. The van der Waals surface area contributed by atoms with Gasteiger partial charge >= 0.3 is 0 Å². The number of sulfonamides is 1. The summed E-state index contributed by atoms with van der Waals surface area (Å²) >= 11 is 0. The van der Waals surface area contributed by atoms with Gasteiger partial charge in [0.1, 0.15) is 0 Å². The van der Waals surface area contributed by atoms with E-state index in [0.717, 1.165) is 12.1 Å². The molecule has 2 aromatic rings. The Labute approximate surface area is 166 Å². The van der Waals surface area contributed by atoms with Crippen LogP contribution in [0.15, 0.2) is 59.5 Å². The van der Waals surface area contributed by atoms with Crippen molar-refractivity contribution in [2.75, 3.05) is 19.6 Å². The molecule has 146 valence electrons. The molecule has 1 atom stereocenters. The number of halogens is 1. The van der Waals surface area contributed by atoms with E-state index in [1.165, 1.54) is 12.1 Å². The van der Waals surface area contributed by atoms with E-state index in [9.17, 15) is 13.2 Å². The monoisotopic (exact) mass is 409 g/mol. The van der Waals surface area contributed by atoms with Crippen molar-refractivity contribution in [1.29, 1.82) is 0 Å². The van der Waals surface area contributed by atoms with Crippen molar-refractivity contribution in [1.82, 2.24) is 14.9 Å². The number of benzene rings is 2. The zero-order valence-electron chi connectivity index (χ0n) is 15.1. The Morgan fingerprint density at radius 1 is 1.19 bits per heavy atom. The molecule has 1 saturated heterocycles. The molecule has 2 N–H and O–H groups in total. The van der Waals surface area contributed by atoms with Gasteiger partial charge in [0.15, 0.2) is 0 Å². The van der Waals surface area contributed by atoms with Crippen LogP contribution in [-0.4, -0.2) is 44.9 Å². The number of hydrogen-bond acceptors (Lipinski definition) is 4. The summed E-state index contributed by atoms with van der Waals surface area (Å²) in [5.74, 6) is -0.140. The molecule has 1 fully saturated rings. The first kappa shape index (κ1) is 21.4. The van der Waals surface area contributed by atoms with Crippen molar-refractivity contribution in [2.45, 2.75) is 24.4 Å². The lowest BCUT2D eigenvalue weighted by Crippen LogP contribution is -2.51. The van der Waals surface area contributed by atoms with E-state index in [0.29, 0.717) is 18.7 Å². The highest BCUT2D eigenvalue weighted by atomic mass is 35.5. The maximum absolute atomic E-state index is 12.7. The second-order valence-electron chi connectivity index (χ2n) is 6.44. The van der Waals surface area contributed by atoms with Crippen molar-refractivity contribution in [3.63, 3.8) is 0 Å². The Balaban J connectivity index is 0.00000261. The molecular weight excluding hydrogens is 386 g/mol. The molecule has 1 heterocycles. The van der Waals surface area contributed by atoms with Crippen LogP contribution in [0, 0.1) is 0 Å². The minimum Gasteiger partial charge on any atom is -0.336 e. The highest BCUT2D eigenvalue weighted by Crippen LogP contribution is 2.15. The van der Waals surface area contributed by atoms with Crippen molar-refractivity contribution in [2.24, 2.45) is 0 Å². The summed E-state index contributed by atoms with van der Waals surface area (Å²) in [4.78, 5) is 14.5. The van der Waals surface area contributed by atoms with Crippen LogP contribution < -0.4 is 10.0 Å². The highest BCUT2D eigenvalue weighted by Gasteiger charge is 2.23. The van der Waals surface area contributed by atoms with Gasteiger partial charge < -0.3 is 10.2 Å². The Morgan fingerprint density at radius 3 is 2.63 bits per heavy atom. The summed E-state index contributed by atoms with van der Waals surface area (Å²) in [6, 6.07) is 15.8. The second-order valence-corrected chi connectivity index (χ2v) is 8.21. The normalized spacial score (nSPS) is 17.2. The van der Waals surface area contributed by atoms with Crippen LogP contribution in [0.1, 0.15) is 22.8 Å². The molecule has 27 heavy (non-hydrogen) atoms. The number of carbonyl (C=O) groups is 1. The minimum absolute atomic E-state index is 0. The van der Waals surface area contributed by atoms with E-state index in [4.69, 9.17) is 0 Å². The van der Waals surface area contributed by atoms with Crippen LogP contribution in [-0.2, 0) is 16.6 Å². The smallest absolute Gasteiger partial charge is 0.253 e. The fraction of sp³-hybridized carbons (Fsp3) is 0.316. The molecule has 1 aliphatic rings. The Hall–Kier alpha value is -1.93. The minimum atomic E-state index is -3.69. The average Bonchev–Trinajstić information content (AvgIpc) is 2.67. The maximum atomic E-state index is 12.7. The predicted molar refractivity (Wildman–Crippen MR) is 108 cm³/mol. The third kappa shape index (κ3) is 5.52. The lowest BCUT2D eigenvalue weighted by molar-refractivity contribution is 0.0709. The van der Waals surface area contributed by atoms with Crippen LogP contribution in [0.2, 0.25) is 0 Å². The zero-order valence-corrected chi connectivity index (χ0v) is 16.7. The van der Waals surface area contributed by atoms with Gasteiger partial charge in [0.05, 0.1) is 4.90 Å². The molecule has 2 aromatic carbocycles. The van der Waals surface area contributed by atoms with Crippen molar-refractivity contribution in [3.05, 3.63) is 65.7 Å². The summed E-state index contributed by atoms with van der Waals surface area (Å²) in [5, 5.41) is 3.29. The van der Waals surface area contributed by atoms with Crippen molar-refractivity contribution in [3.8, 4) is 0 Å². The standard InChI is InChI=1S/C19H23N3O3S.ClH/c1-15-14-22(11-10-20-15)19(23)17-8-5-9-18(12-17)26(24,25)21-13-16-6-3-2-4-7-16;/h2-9,12,15,20-21H,10-11,13-14H2,1H3;1H. The number of amides is 1. The quantitative estimate of drug-likeness (QED) is 0.791. The van der Waals surface area contributed by atoms with Crippen LogP contribution in [0.4, 0.5) is 0 Å². The van der Waals surface area contributed by atoms with Gasteiger partial charge in [-0.25, -0.2) is 13.1 Å². The molecule has 0 spiro atoms. The average molecular weight is 410 g/mol. The molecular formula is C19H24ClN3O3S. The lowest BCUT2D eigenvalue weighted by atomic mass is 10.1. The molecule has 0 bridgehead atoms. The summed E-state index contributed by atoms with van der Waals surface area (Å²) in [5.41, 5.74) is 1.26. The van der Waals surface area contributed by atoms with E-state index in [1.54, 1.807) is 17.0 Å². The SMILES string of the molecule is CC1CN(C(=O)c2cccc(S(=O)(=O)NCc3ccccc3)c2)CCN1.Cl. The fourth-order valence-electron chi connectivity index (χ4n) is 2.95. The van der Waals surface area contributed by atoms with Crippen molar-refractivity contribution < 1.29 is 13.2 Å². The van der Waals surface area contributed by atoms with E-state index < -0.39 is 10.0 Å². The number of hydrogen-bond donors (Lipinski definition) is 2. The van der Waals surface area contributed by atoms with E-state index in [1.807, 2.05) is 37.3 Å². The van der Waals surface area contributed by atoms with Gasteiger partial charge in [-0.15, -0.1) is 12.4 Å². The maximum Gasteiger partial charge on any atom is 0.253 e. The van der Waals surface area contributed by atoms with Gasteiger partial charge in [-0.3, -0.25) is 4.79 Å². The third-order valence-corrected chi connectivity index (χ3v) is 5.76. The Kier molecular flexibility index (Phi) is 7.38. The third-order valence-electron chi connectivity index (χ3n) is 4.36. The van der Waals surface area contributed by atoms with Gasteiger partial charge in [-0.1, -0.05) is 36.4 Å². The van der Waals surface area contributed by atoms with Crippen LogP contribution in [0.25, 0.3) is 0 Å². The number of rotatable bonds is 5. The molecule has 3 rings (SSSR count). The number of piperazine rings is 1. The highest BCUT2D eigenvalue weighted by molar-refractivity contribution is 7.89. The van der Waals surface area contributed by atoms with Crippen LogP contribution >= 0.6 is 12.4 Å². The second kappa shape index (κ2) is 9.32. The summed E-state index contributed by atoms with van der Waals surface area (Å²) in [6.45, 7) is 4.20. The number of nitrogens with zero attached hydrogens (tertiary/aromatic N) is 1. The number of carbonyl (C=O) groups excluding carboxylic acids is 1. The van der Waals surface area contributed by atoms with Gasteiger partial charge in [-0.05, 0) is 30.7 Å². The van der Waals surface area contributed by atoms with Gasteiger partial charge in [0, 0.05) is 37.8 Å². The van der Waals surface area contributed by atoms with E-state index in [-0.39, 0.29) is 35.8 Å². The van der Waals surface area contributed by atoms with Gasteiger partial charge in [-0.2, -0.15) is 0 Å². The molecule has 0 radical (unpaired) electrons. The summed E-state index contributed by atoms with van der Waals surface area (Å²) in [7, 11) is -3.69. The molecule has 1 unspecified atom stereocenters. The topological polar surface area (TPSA) is 78.5 Å². The predicted octanol–water partition coefficient (Wildman–Crippen LogP) is 2.02. The first-order valence-electron chi connectivity index (χ1n) is 8.62. The zero-order chi connectivity index (χ0) is 18.6. The fourth-order valence-corrected chi connectivity index (χ4v) is 4.02. The molecule has 0 aromatic heterocycles. The number of nitrogens with one attached hydrogen (secondary N) is 2. The summed E-state index contributed by atoms with van der Waals surface area (Å²) < 4.78 is 27.7. The first-order chi connectivity index (χ1) is 12.5. The van der Waals surface area contributed by atoms with Crippen LogP contribution in [0.5, 0.6) is 0 Å². The molecule has 1 amide bonds. The largest absolute Gasteiger partial charge is 0.336 e. The lowest BCUT2D eigenvalue weighted by Gasteiger charge is -2.32. The van der Waals surface area contributed by atoms with Gasteiger partial charge in [0.25, 0.3) is 5.91 Å². The molecule has 0 aliphatic carbocycles. The first-order valence-corrected chi connectivity index (χ1v) is 10.1. The Morgan fingerprint density at radius 2 is 1.93 bits per heavy atom. The molecule has 6 nitrogen and oxygen atoms in total. The molecule has 0 saturated carbocycles. The van der Waals surface area contributed by atoms with Crippen molar-refractivity contribution >= 4 is 28.3 Å². The Bertz CT molecular complexity index is 875. The van der Waals surface area contributed by atoms with E-state index >= 15 is 0 Å². The van der Waals surface area contributed by atoms with Gasteiger partial charge in [0.2, 0.25) is 10.0 Å². The molecule has 1 aliphatic heterocycles.